The molecule has 3 aromatic carbocycles. The number of nitrogens with zero attached hydrogens (tertiary/aromatic N) is 1. The number of hydrogen-bond donors (Lipinski definition) is 1. The van der Waals surface area contributed by atoms with Crippen LogP contribution in [-0.2, 0) is 22.6 Å². The Balaban J connectivity index is 1.82. The van der Waals surface area contributed by atoms with Gasteiger partial charge in [0.25, 0.3) is 0 Å². The molecule has 0 fully saturated rings. The first-order valence-corrected chi connectivity index (χ1v) is 13.9. The van der Waals surface area contributed by atoms with Crippen LogP contribution in [-0.4, -0.2) is 35.9 Å². The lowest BCUT2D eigenvalue weighted by atomic mass is 10.0. The smallest absolute Gasteiger partial charge is 0.243 e. The van der Waals surface area contributed by atoms with Crippen molar-refractivity contribution >= 4 is 35.0 Å². The molecule has 0 saturated carbocycles. The average Bonchev–Trinajstić information content (AvgIpc) is 2.91. The average molecular weight is 556 g/mol. The maximum absolute atomic E-state index is 13.7. The van der Waals surface area contributed by atoms with Gasteiger partial charge in [-0.1, -0.05) is 90.6 Å². The number of rotatable bonds is 14. The van der Waals surface area contributed by atoms with E-state index in [1.165, 1.54) is 0 Å². The van der Waals surface area contributed by atoms with Gasteiger partial charge >= 0.3 is 0 Å². The van der Waals surface area contributed by atoms with Crippen molar-refractivity contribution in [1.29, 1.82) is 0 Å². The van der Waals surface area contributed by atoms with Crippen LogP contribution in [0.3, 0.4) is 0 Å². The zero-order chi connectivity index (χ0) is 27.3. The second-order valence-corrected chi connectivity index (χ2v) is 10.2. The normalized spacial score (nSPS) is 11.6. The maximum Gasteiger partial charge on any atom is 0.243 e. The number of carbonyl (C=O) groups excluding carboxylic acids is 2. The van der Waals surface area contributed by atoms with Gasteiger partial charge in [0.1, 0.15) is 11.8 Å². The Morgan fingerprint density at radius 3 is 2.26 bits per heavy atom. The van der Waals surface area contributed by atoms with Crippen molar-refractivity contribution in [3.8, 4) is 5.75 Å². The first kappa shape index (κ1) is 29.5. The van der Waals surface area contributed by atoms with Crippen LogP contribution in [0.5, 0.6) is 5.75 Å². The summed E-state index contributed by atoms with van der Waals surface area (Å²) in [6.07, 6.45) is 2.94. The summed E-state index contributed by atoms with van der Waals surface area (Å²) >= 11 is 13.0. The molecule has 0 spiro atoms. The van der Waals surface area contributed by atoms with Crippen molar-refractivity contribution in [2.45, 2.75) is 58.5 Å². The summed E-state index contributed by atoms with van der Waals surface area (Å²) in [5.41, 5.74) is 2.75. The summed E-state index contributed by atoms with van der Waals surface area (Å²) < 4.78 is 5.82. The molecule has 38 heavy (non-hydrogen) atoms. The first-order valence-electron chi connectivity index (χ1n) is 13.1. The van der Waals surface area contributed by atoms with Crippen molar-refractivity contribution in [2.75, 3.05) is 13.2 Å². The Labute approximate surface area is 236 Å². The maximum atomic E-state index is 13.7. The summed E-state index contributed by atoms with van der Waals surface area (Å²) in [5.74, 6) is 0.426. The topological polar surface area (TPSA) is 58.6 Å². The number of benzene rings is 3. The molecule has 2 amide bonds. The van der Waals surface area contributed by atoms with Gasteiger partial charge in [0.15, 0.2) is 0 Å². The number of hydrogen-bond acceptors (Lipinski definition) is 3. The third-order valence-electron chi connectivity index (χ3n) is 6.32. The predicted molar refractivity (Wildman–Crippen MR) is 155 cm³/mol. The van der Waals surface area contributed by atoms with E-state index >= 15 is 0 Å². The van der Waals surface area contributed by atoms with Gasteiger partial charge in [-0.15, -0.1) is 0 Å². The minimum absolute atomic E-state index is 0.134. The van der Waals surface area contributed by atoms with Crippen LogP contribution in [0.25, 0.3) is 0 Å². The van der Waals surface area contributed by atoms with Crippen LogP contribution in [0.15, 0.2) is 72.8 Å². The molecule has 0 aromatic heterocycles. The molecule has 0 aliphatic heterocycles. The van der Waals surface area contributed by atoms with Crippen molar-refractivity contribution in [3.63, 3.8) is 0 Å². The molecular weight excluding hydrogens is 519 g/mol. The molecule has 0 radical (unpaired) electrons. The lowest BCUT2D eigenvalue weighted by Gasteiger charge is -2.32. The number of carbonyl (C=O) groups is 2. The highest BCUT2D eigenvalue weighted by atomic mass is 35.5. The van der Waals surface area contributed by atoms with Crippen molar-refractivity contribution in [2.24, 2.45) is 0 Å². The fourth-order valence-corrected chi connectivity index (χ4v) is 4.62. The van der Waals surface area contributed by atoms with Crippen molar-refractivity contribution in [3.05, 3.63) is 99.5 Å². The van der Waals surface area contributed by atoms with Crippen LogP contribution >= 0.6 is 23.2 Å². The number of halogens is 2. The number of nitrogens with one attached hydrogen (secondary N) is 1. The Morgan fingerprint density at radius 2 is 1.61 bits per heavy atom. The standard InChI is InChI=1S/C31H36Cl2N2O3/c1-3-4-19-34-31(37)29(21-24-10-6-5-7-11-24)35(22-26-27(32)12-8-13-28(26)33)30(36)14-9-20-38-25-17-15-23(2)16-18-25/h5-8,10-13,15-18,29H,3-4,9,14,19-22H2,1-2H3,(H,34,37)/t29-/m0/s1. The zero-order valence-electron chi connectivity index (χ0n) is 22.1. The minimum atomic E-state index is -0.716. The largest absolute Gasteiger partial charge is 0.494 e. The summed E-state index contributed by atoms with van der Waals surface area (Å²) in [6.45, 7) is 5.17. The molecule has 0 bridgehead atoms. The van der Waals surface area contributed by atoms with Crippen LogP contribution < -0.4 is 10.1 Å². The first-order chi connectivity index (χ1) is 18.4. The van der Waals surface area contributed by atoms with E-state index in [0.29, 0.717) is 41.6 Å². The summed E-state index contributed by atoms with van der Waals surface area (Å²) in [5, 5.41) is 3.95. The van der Waals surface area contributed by atoms with Crippen LogP contribution in [0.4, 0.5) is 0 Å². The number of amides is 2. The molecule has 0 unspecified atom stereocenters. The Hall–Kier alpha value is -3.02. The summed E-state index contributed by atoms with van der Waals surface area (Å²) in [7, 11) is 0. The molecule has 5 nitrogen and oxygen atoms in total. The molecule has 202 valence electrons. The van der Waals surface area contributed by atoms with Gasteiger partial charge < -0.3 is 15.0 Å². The minimum Gasteiger partial charge on any atom is -0.494 e. The third-order valence-corrected chi connectivity index (χ3v) is 7.02. The monoisotopic (exact) mass is 554 g/mol. The molecule has 0 saturated heterocycles. The molecule has 0 aliphatic carbocycles. The molecule has 1 N–H and O–H groups in total. The van der Waals surface area contributed by atoms with Crippen LogP contribution in [0.1, 0.15) is 49.3 Å². The number of ether oxygens (including phenoxy) is 1. The summed E-state index contributed by atoms with van der Waals surface area (Å²) in [4.78, 5) is 28.8. The van der Waals surface area contributed by atoms with E-state index < -0.39 is 6.04 Å². The van der Waals surface area contributed by atoms with Gasteiger partial charge in [0, 0.05) is 41.5 Å². The van der Waals surface area contributed by atoms with E-state index in [9.17, 15) is 9.59 Å². The summed E-state index contributed by atoms with van der Waals surface area (Å²) in [6, 6.07) is 22.1. The highest BCUT2D eigenvalue weighted by Crippen LogP contribution is 2.27. The van der Waals surface area contributed by atoms with E-state index in [1.54, 1.807) is 23.1 Å². The van der Waals surface area contributed by atoms with Gasteiger partial charge in [0.05, 0.1) is 6.61 Å². The quantitative estimate of drug-likeness (QED) is 0.218. The lowest BCUT2D eigenvalue weighted by molar-refractivity contribution is -0.141. The van der Waals surface area contributed by atoms with Crippen molar-refractivity contribution < 1.29 is 14.3 Å². The van der Waals surface area contributed by atoms with Gasteiger partial charge in [-0.2, -0.15) is 0 Å². The van der Waals surface area contributed by atoms with E-state index in [1.807, 2.05) is 61.5 Å². The number of unbranched alkanes of at least 4 members (excludes halogenated alkanes) is 1. The molecule has 0 aliphatic rings. The van der Waals surface area contributed by atoms with Gasteiger partial charge in [-0.05, 0) is 49.6 Å². The lowest BCUT2D eigenvalue weighted by Crippen LogP contribution is -2.50. The second-order valence-electron chi connectivity index (χ2n) is 9.34. The Bertz CT molecular complexity index is 1150. The predicted octanol–water partition coefficient (Wildman–Crippen LogP) is 7.02. The van der Waals surface area contributed by atoms with E-state index in [-0.39, 0.29) is 24.8 Å². The van der Waals surface area contributed by atoms with E-state index in [2.05, 4.69) is 12.2 Å². The Kier molecular flexibility index (Phi) is 12.0. The van der Waals surface area contributed by atoms with E-state index in [0.717, 1.165) is 29.7 Å². The van der Waals surface area contributed by atoms with Gasteiger partial charge in [-0.25, -0.2) is 0 Å². The number of aryl methyl sites for hydroxylation is 1. The van der Waals surface area contributed by atoms with Gasteiger partial charge in [0.2, 0.25) is 11.8 Å². The van der Waals surface area contributed by atoms with Gasteiger partial charge in [-0.3, -0.25) is 9.59 Å². The Morgan fingerprint density at radius 1 is 0.921 bits per heavy atom. The molecule has 3 aromatic rings. The highest BCUT2D eigenvalue weighted by molar-refractivity contribution is 6.36. The molecule has 1 atom stereocenters. The third kappa shape index (κ3) is 9.07. The molecule has 0 heterocycles. The highest BCUT2D eigenvalue weighted by Gasteiger charge is 2.31. The van der Waals surface area contributed by atoms with Crippen LogP contribution in [0.2, 0.25) is 10.0 Å². The fraction of sp³-hybridized carbons (Fsp3) is 0.355. The second kappa shape index (κ2) is 15.4. The van der Waals surface area contributed by atoms with Crippen molar-refractivity contribution in [1.82, 2.24) is 10.2 Å². The molecular formula is C31H36Cl2N2O3. The van der Waals surface area contributed by atoms with E-state index in [4.69, 9.17) is 27.9 Å². The SMILES string of the molecule is CCCCNC(=O)[C@H](Cc1ccccc1)N(Cc1c(Cl)cccc1Cl)C(=O)CCCOc1ccc(C)cc1. The van der Waals surface area contributed by atoms with Crippen LogP contribution in [0, 0.1) is 6.92 Å². The molecule has 3 rings (SSSR count). The zero-order valence-corrected chi connectivity index (χ0v) is 23.6. The fourth-order valence-electron chi connectivity index (χ4n) is 4.11. The molecule has 7 heteroatoms.